The molecule has 1 fully saturated rings. The summed E-state index contributed by atoms with van der Waals surface area (Å²) >= 11 is 0. The Labute approximate surface area is 117 Å². The van der Waals surface area contributed by atoms with Gasteiger partial charge in [-0.15, -0.1) is 0 Å². The van der Waals surface area contributed by atoms with E-state index in [0.29, 0.717) is 24.1 Å². The molecule has 112 valence electrons. The number of benzene rings is 1. The molecule has 0 heterocycles. The number of nitrogens with one attached hydrogen (secondary N) is 1. The van der Waals surface area contributed by atoms with Gasteiger partial charge in [0.15, 0.2) is 0 Å². The number of rotatable bonds is 4. The van der Waals surface area contributed by atoms with Crippen molar-refractivity contribution in [2.75, 3.05) is 6.54 Å². The van der Waals surface area contributed by atoms with E-state index in [1.165, 1.54) is 18.6 Å². The SMILES string of the molecule is CC1CCC(NCC(O)c2ccc(C(F)(F)F)cc2)C1. The van der Waals surface area contributed by atoms with Gasteiger partial charge < -0.3 is 10.4 Å². The van der Waals surface area contributed by atoms with Gasteiger partial charge in [-0.1, -0.05) is 19.1 Å². The van der Waals surface area contributed by atoms with Crippen molar-refractivity contribution < 1.29 is 18.3 Å². The van der Waals surface area contributed by atoms with Gasteiger partial charge in [0.05, 0.1) is 11.7 Å². The van der Waals surface area contributed by atoms with Crippen LogP contribution in [0.3, 0.4) is 0 Å². The molecule has 0 saturated heterocycles. The smallest absolute Gasteiger partial charge is 0.387 e. The predicted molar refractivity (Wildman–Crippen MR) is 71.2 cm³/mol. The zero-order valence-corrected chi connectivity index (χ0v) is 11.5. The second-order valence-electron chi connectivity index (χ2n) is 5.66. The second-order valence-corrected chi connectivity index (χ2v) is 5.66. The van der Waals surface area contributed by atoms with Crippen LogP contribution < -0.4 is 5.32 Å². The van der Waals surface area contributed by atoms with Gasteiger partial charge in [-0.3, -0.25) is 0 Å². The van der Waals surface area contributed by atoms with Crippen molar-refractivity contribution in [3.8, 4) is 0 Å². The second kappa shape index (κ2) is 6.14. The van der Waals surface area contributed by atoms with Crippen molar-refractivity contribution in [1.82, 2.24) is 5.32 Å². The minimum absolute atomic E-state index is 0.378. The van der Waals surface area contributed by atoms with Crippen LogP contribution in [0.5, 0.6) is 0 Å². The monoisotopic (exact) mass is 287 g/mol. The first kappa shape index (κ1) is 15.3. The van der Waals surface area contributed by atoms with Crippen molar-refractivity contribution in [3.05, 3.63) is 35.4 Å². The van der Waals surface area contributed by atoms with Crippen LogP contribution in [0.15, 0.2) is 24.3 Å². The molecule has 0 radical (unpaired) electrons. The molecule has 1 saturated carbocycles. The first-order chi connectivity index (χ1) is 9.36. The fourth-order valence-corrected chi connectivity index (χ4v) is 2.68. The van der Waals surface area contributed by atoms with Gasteiger partial charge in [-0.25, -0.2) is 0 Å². The highest BCUT2D eigenvalue weighted by molar-refractivity contribution is 5.26. The van der Waals surface area contributed by atoms with Crippen LogP contribution in [0.4, 0.5) is 13.2 Å². The molecule has 1 aliphatic rings. The van der Waals surface area contributed by atoms with Crippen LogP contribution in [0.2, 0.25) is 0 Å². The van der Waals surface area contributed by atoms with Gasteiger partial charge in [-0.05, 0) is 42.9 Å². The molecule has 1 aliphatic carbocycles. The molecule has 2 rings (SSSR count). The predicted octanol–water partition coefficient (Wildman–Crippen LogP) is 3.52. The molecule has 20 heavy (non-hydrogen) atoms. The van der Waals surface area contributed by atoms with E-state index in [0.717, 1.165) is 25.0 Å². The van der Waals surface area contributed by atoms with Crippen LogP contribution in [-0.4, -0.2) is 17.7 Å². The van der Waals surface area contributed by atoms with Crippen LogP contribution in [0.25, 0.3) is 0 Å². The Bertz CT molecular complexity index is 430. The number of alkyl halides is 3. The molecule has 2 nitrogen and oxygen atoms in total. The van der Waals surface area contributed by atoms with Gasteiger partial charge in [0.25, 0.3) is 0 Å². The van der Waals surface area contributed by atoms with E-state index in [1.54, 1.807) is 0 Å². The summed E-state index contributed by atoms with van der Waals surface area (Å²) < 4.78 is 37.3. The number of halogens is 3. The molecule has 0 aromatic heterocycles. The van der Waals surface area contributed by atoms with E-state index in [2.05, 4.69) is 12.2 Å². The first-order valence-corrected chi connectivity index (χ1v) is 6.95. The molecular weight excluding hydrogens is 267 g/mol. The summed E-state index contributed by atoms with van der Waals surface area (Å²) in [6, 6.07) is 5.11. The van der Waals surface area contributed by atoms with E-state index in [1.807, 2.05) is 0 Å². The third kappa shape index (κ3) is 3.96. The summed E-state index contributed by atoms with van der Waals surface area (Å²) in [6.07, 6.45) is -1.72. The number of hydrogen-bond donors (Lipinski definition) is 2. The lowest BCUT2D eigenvalue weighted by Gasteiger charge is -2.17. The van der Waals surface area contributed by atoms with E-state index < -0.39 is 17.8 Å². The maximum Gasteiger partial charge on any atom is 0.416 e. The Morgan fingerprint density at radius 1 is 1.25 bits per heavy atom. The minimum atomic E-state index is -4.33. The summed E-state index contributed by atoms with van der Waals surface area (Å²) in [5, 5.41) is 13.3. The number of aliphatic hydroxyl groups excluding tert-OH is 1. The number of aliphatic hydroxyl groups is 1. The Kier molecular flexibility index (Phi) is 4.70. The molecular formula is C15H20F3NO. The quantitative estimate of drug-likeness (QED) is 0.888. The van der Waals surface area contributed by atoms with Gasteiger partial charge in [0.2, 0.25) is 0 Å². The lowest BCUT2D eigenvalue weighted by atomic mass is 10.1. The first-order valence-electron chi connectivity index (χ1n) is 6.95. The summed E-state index contributed by atoms with van der Waals surface area (Å²) in [5.74, 6) is 0.704. The van der Waals surface area contributed by atoms with E-state index in [9.17, 15) is 18.3 Å². The highest BCUT2D eigenvalue weighted by atomic mass is 19.4. The lowest BCUT2D eigenvalue weighted by molar-refractivity contribution is -0.137. The summed E-state index contributed by atoms with van der Waals surface area (Å²) in [6.45, 7) is 2.58. The number of hydrogen-bond acceptors (Lipinski definition) is 2. The maximum atomic E-state index is 12.4. The maximum absolute atomic E-state index is 12.4. The Balaban J connectivity index is 1.87. The van der Waals surface area contributed by atoms with Gasteiger partial charge >= 0.3 is 6.18 Å². The van der Waals surface area contributed by atoms with Gasteiger partial charge in [-0.2, -0.15) is 13.2 Å². The minimum Gasteiger partial charge on any atom is -0.387 e. The third-order valence-corrected chi connectivity index (χ3v) is 3.92. The molecule has 0 spiro atoms. The van der Waals surface area contributed by atoms with E-state index in [-0.39, 0.29) is 0 Å². The van der Waals surface area contributed by atoms with Gasteiger partial charge in [0, 0.05) is 12.6 Å². The molecule has 0 aliphatic heterocycles. The average Bonchev–Trinajstić information content (AvgIpc) is 2.81. The van der Waals surface area contributed by atoms with Crippen molar-refractivity contribution in [1.29, 1.82) is 0 Å². The Morgan fingerprint density at radius 2 is 1.90 bits per heavy atom. The van der Waals surface area contributed by atoms with Crippen LogP contribution in [0.1, 0.15) is 43.4 Å². The van der Waals surface area contributed by atoms with Crippen molar-refractivity contribution in [2.45, 2.75) is 44.5 Å². The lowest BCUT2D eigenvalue weighted by Crippen LogP contribution is -2.30. The molecule has 1 aromatic carbocycles. The van der Waals surface area contributed by atoms with Crippen molar-refractivity contribution >= 4 is 0 Å². The van der Waals surface area contributed by atoms with Crippen molar-refractivity contribution in [2.24, 2.45) is 5.92 Å². The molecule has 5 heteroatoms. The third-order valence-electron chi connectivity index (χ3n) is 3.92. The molecule has 3 atom stereocenters. The summed E-state index contributed by atoms with van der Waals surface area (Å²) in [7, 11) is 0. The van der Waals surface area contributed by atoms with Crippen LogP contribution in [0, 0.1) is 5.92 Å². The molecule has 0 bridgehead atoms. The molecule has 1 aromatic rings. The zero-order valence-electron chi connectivity index (χ0n) is 11.5. The topological polar surface area (TPSA) is 32.3 Å². The normalized spacial score (nSPS) is 24.9. The summed E-state index contributed by atoms with van der Waals surface area (Å²) in [4.78, 5) is 0. The standard InChI is InChI=1S/C15H20F3NO/c1-10-2-7-13(8-10)19-9-14(20)11-3-5-12(6-4-11)15(16,17)18/h3-6,10,13-14,19-20H,2,7-9H2,1H3. The van der Waals surface area contributed by atoms with Crippen molar-refractivity contribution in [3.63, 3.8) is 0 Å². The van der Waals surface area contributed by atoms with Gasteiger partial charge in [0.1, 0.15) is 0 Å². The molecule has 3 unspecified atom stereocenters. The fourth-order valence-electron chi connectivity index (χ4n) is 2.68. The zero-order chi connectivity index (χ0) is 14.8. The molecule has 2 N–H and O–H groups in total. The molecule has 0 amide bonds. The Hall–Kier alpha value is -1.07. The van der Waals surface area contributed by atoms with E-state index in [4.69, 9.17) is 0 Å². The van der Waals surface area contributed by atoms with Crippen LogP contribution in [-0.2, 0) is 6.18 Å². The fraction of sp³-hybridized carbons (Fsp3) is 0.600. The highest BCUT2D eigenvalue weighted by Gasteiger charge is 2.30. The highest BCUT2D eigenvalue weighted by Crippen LogP contribution is 2.30. The van der Waals surface area contributed by atoms with E-state index >= 15 is 0 Å². The largest absolute Gasteiger partial charge is 0.416 e. The average molecular weight is 287 g/mol. The Morgan fingerprint density at radius 3 is 2.40 bits per heavy atom. The summed E-state index contributed by atoms with van der Waals surface area (Å²) in [5.41, 5.74) is -0.178. The van der Waals surface area contributed by atoms with Crippen LogP contribution >= 0.6 is 0 Å².